The number of hydrogen-bond acceptors (Lipinski definition) is 3. The highest BCUT2D eigenvalue weighted by molar-refractivity contribution is 5.46. The first kappa shape index (κ1) is 15.2. The third kappa shape index (κ3) is 3.29. The third-order valence-electron chi connectivity index (χ3n) is 3.92. The van der Waals surface area contributed by atoms with Gasteiger partial charge < -0.3 is 10.2 Å². The van der Waals surface area contributed by atoms with Crippen LogP contribution in [-0.4, -0.2) is 22.6 Å². The summed E-state index contributed by atoms with van der Waals surface area (Å²) in [6.45, 7) is 12.0. The summed E-state index contributed by atoms with van der Waals surface area (Å²) in [5, 5.41) is 3.33. The molecule has 0 amide bonds. The van der Waals surface area contributed by atoms with Crippen LogP contribution in [0.25, 0.3) is 0 Å². The maximum atomic E-state index is 14.7. The first-order valence-corrected chi connectivity index (χ1v) is 7.37. The molecule has 1 fully saturated rings. The van der Waals surface area contributed by atoms with E-state index in [0.29, 0.717) is 17.9 Å². The van der Waals surface area contributed by atoms with Gasteiger partial charge in [-0.1, -0.05) is 0 Å². The molecule has 0 bridgehead atoms. The molecule has 4 heteroatoms. The Hall–Kier alpha value is -1.16. The highest BCUT2D eigenvalue weighted by Gasteiger charge is 2.34. The van der Waals surface area contributed by atoms with Gasteiger partial charge in [-0.15, -0.1) is 0 Å². The summed E-state index contributed by atoms with van der Waals surface area (Å²) in [5.74, 6) is 0.319. The highest BCUT2D eigenvalue weighted by atomic mass is 19.1. The SMILES string of the molecule is CC(C)(C)NCc1ccnc(N2CCCC2(C)C)c1F. The van der Waals surface area contributed by atoms with Crippen LogP contribution in [0.4, 0.5) is 10.2 Å². The lowest BCUT2D eigenvalue weighted by molar-refractivity contribution is 0.417. The average Bonchev–Trinajstić information content (AvgIpc) is 2.66. The lowest BCUT2D eigenvalue weighted by Crippen LogP contribution is -2.40. The van der Waals surface area contributed by atoms with Crippen LogP contribution >= 0.6 is 0 Å². The second-order valence-electron chi connectivity index (χ2n) is 7.28. The molecule has 20 heavy (non-hydrogen) atoms. The monoisotopic (exact) mass is 279 g/mol. The van der Waals surface area contributed by atoms with Crippen molar-refractivity contribution in [2.24, 2.45) is 0 Å². The Kier molecular flexibility index (Phi) is 4.05. The van der Waals surface area contributed by atoms with E-state index in [2.05, 4.69) is 49.8 Å². The molecule has 2 rings (SSSR count). The normalized spacial score (nSPS) is 18.6. The van der Waals surface area contributed by atoms with Crippen LogP contribution in [0.1, 0.15) is 53.0 Å². The van der Waals surface area contributed by atoms with Crippen molar-refractivity contribution in [2.75, 3.05) is 11.4 Å². The maximum absolute atomic E-state index is 14.7. The quantitative estimate of drug-likeness (QED) is 0.918. The molecule has 1 aliphatic heterocycles. The molecule has 1 aliphatic rings. The molecule has 112 valence electrons. The Labute approximate surface area is 121 Å². The molecular formula is C16H26FN3. The standard InChI is InChI=1S/C16H26FN3/c1-15(2,3)19-11-12-7-9-18-14(13(12)17)20-10-6-8-16(20,4)5/h7,9,19H,6,8,10-11H2,1-5H3. The largest absolute Gasteiger partial charge is 0.349 e. The van der Waals surface area contributed by atoms with Gasteiger partial charge in [-0.3, -0.25) is 0 Å². The number of hydrogen-bond donors (Lipinski definition) is 1. The first-order valence-electron chi connectivity index (χ1n) is 7.37. The number of nitrogens with zero attached hydrogens (tertiary/aromatic N) is 2. The van der Waals surface area contributed by atoms with E-state index in [9.17, 15) is 4.39 Å². The van der Waals surface area contributed by atoms with Crippen LogP contribution in [0.15, 0.2) is 12.3 Å². The number of halogens is 1. The Morgan fingerprint density at radius 2 is 2.10 bits per heavy atom. The van der Waals surface area contributed by atoms with E-state index >= 15 is 0 Å². The van der Waals surface area contributed by atoms with Gasteiger partial charge in [0.15, 0.2) is 11.6 Å². The summed E-state index contributed by atoms with van der Waals surface area (Å²) < 4.78 is 14.7. The van der Waals surface area contributed by atoms with Crippen molar-refractivity contribution in [1.82, 2.24) is 10.3 Å². The predicted octanol–water partition coefficient (Wildman–Crippen LogP) is 3.49. The smallest absolute Gasteiger partial charge is 0.170 e. The van der Waals surface area contributed by atoms with E-state index in [1.807, 2.05) is 0 Å². The number of rotatable bonds is 3. The minimum absolute atomic E-state index is 0.0100. The summed E-state index contributed by atoms with van der Waals surface area (Å²) in [6.07, 6.45) is 3.89. The zero-order valence-electron chi connectivity index (χ0n) is 13.3. The van der Waals surface area contributed by atoms with Gasteiger partial charge in [0.25, 0.3) is 0 Å². The van der Waals surface area contributed by atoms with Crippen molar-refractivity contribution in [3.05, 3.63) is 23.6 Å². The van der Waals surface area contributed by atoms with Crippen molar-refractivity contribution in [3.8, 4) is 0 Å². The van der Waals surface area contributed by atoms with Gasteiger partial charge in [-0.2, -0.15) is 0 Å². The molecule has 1 N–H and O–H groups in total. The molecule has 2 heterocycles. The van der Waals surface area contributed by atoms with E-state index in [1.54, 1.807) is 12.3 Å². The second kappa shape index (κ2) is 5.32. The van der Waals surface area contributed by atoms with Crippen LogP contribution < -0.4 is 10.2 Å². The summed E-state index contributed by atoms with van der Waals surface area (Å²) in [6, 6.07) is 1.76. The van der Waals surface area contributed by atoms with Crippen molar-refractivity contribution >= 4 is 5.82 Å². The molecular weight excluding hydrogens is 253 g/mol. The van der Waals surface area contributed by atoms with Crippen molar-refractivity contribution in [2.45, 2.75) is 65.1 Å². The summed E-state index contributed by atoms with van der Waals surface area (Å²) in [5.41, 5.74) is 0.653. The van der Waals surface area contributed by atoms with Crippen LogP contribution in [0, 0.1) is 5.82 Å². The summed E-state index contributed by atoms with van der Waals surface area (Å²) >= 11 is 0. The van der Waals surface area contributed by atoms with Crippen molar-refractivity contribution in [3.63, 3.8) is 0 Å². The minimum Gasteiger partial charge on any atom is -0.349 e. The molecule has 3 nitrogen and oxygen atoms in total. The Morgan fingerprint density at radius 1 is 1.40 bits per heavy atom. The van der Waals surface area contributed by atoms with Gasteiger partial charge in [0.1, 0.15) is 0 Å². The van der Waals surface area contributed by atoms with Crippen LogP contribution in [-0.2, 0) is 6.54 Å². The Bertz CT molecular complexity index is 477. The Morgan fingerprint density at radius 3 is 2.65 bits per heavy atom. The molecule has 0 aliphatic carbocycles. The molecule has 0 unspecified atom stereocenters. The number of anilines is 1. The molecule has 0 aromatic carbocycles. The molecule has 0 atom stereocenters. The van der Waals surface area contributed by atoms with E-state index in [4.69, 9.17) is 0 Å². The Balaban J connectivity index is 2.24. The van der Waals surface area contributed by atoms with Gasteiger partial charge in [0.2, 0.25) is 0 Å². The summed E-state index contributed by atoms with van der Waals surface area (Å²) in [7, 11) is 0. The van der Waals surface area contributed by atoms with Gasteiger partial charge in [0.05, 0.1) is 0 Å². The molecule has 0 saturated carbocycles. The molecule has 0 spiro atoms. The molecule has 1 aromatic rings. The number of aromatic nitrogens is 1. The lowest BCUT2D eigenvalue weighted by Gasteiger charge is -2.33. The van der Waals surface area contributed by atoms with E-state index in [-0.39, 0.29) is 16.9 Å². The van der Waals surface area contributed by atoms with Gasteiger partial charge >= 0.3 is 0 Å². The maximum Gasteiger partial charge on any atom is 0.170 e. The van der Waals surface area contributed by atoms with Crippen molar-refractivity contribution < 1.29 is 4.39 Å². The molecule has 1 aromatic heterocycles. The first-order chi connectivity index (χ1) is 9.21. The molecule has 0 radical (unpaired) electrons. The lowest BCUT2D eigenvalue weighted by atomic mass is 10.0. The fourth-order valence-corrected chi connectivity index (χ4v) is 2.66. The van der Waals surface area contributed by atoms with E-state index < -0.39 is 0 Å². The van der Waals surface area contributed by atoms with Crippen LogP contribution in [0.3, 0.4) is 0 Å². The predicted molar refractivity (Wildman–Crippen MR) is 81.4 cm³/mol. The minimum atomic E-state index is -0.181. The molecule has 1 saturated heterocycles. The van der Waals surface area contributed by atoms with E-state index in [0.717, 1.165) is 19.4 Å². The van der Waals surface area contributed by atoms with E-state index in [1.165, 1.54) is 0 Å². The number of nitrogens with one attached hydrogen (secondary N) is 1. The highest BCUT2D eigenvalue weighted by Crippen LogP contribution is 2.34. The zero-order valence-corrected chi connectivity index (χ0v) is 13.3. The number of pyridine rings is 1. The fourth-order valence-electron chi connectivity index (χ4n) is 2.66. The van der Waals surface area contributed by atoms with Gasteiger partial charge in [-0.05, 0) is 53.5 Å². The average molecular weight is 279 g/mol. The van der Waals surface area contributed by atoms with Crippen molar-refractivity contribution in [1.29, 1.82) is 0 Å². The second-order valence-corrected chi connectivity index (χ2v) is 7.28. The van der Waals surface area contributed by atoms with Gasteiger partial charge in [0, 0.05) is 35.9 Å². The van der Waals surface area contributed by atoms with Gasteiger partial charge in [-0.25, -0.2) is 9.37 Å². The topological polar surface area (TPSA) is 28.2 Å². The van der Waals surface area contributed by atoms with Crippen LogP contribution in [0.5, 0.6) is 0 Å². The zero-order chi connectivity index (χ0) is 15.0. The third-order valence-corrected chi connectivity index (χ3v) is 3.92. The van der Waals surface area contributed by atoms with Crippen LogP contribution in [0.2, 0.25) is 0 Å². The fraction of sp³-hybridized carbons (Fsp3) is 0.688. The summed E-state index contributed by atoms with van der Waals surface area (Å²) in [4.78, 5) is 6.38.